The van der Waals surface area contributed by atoms with Crippen LogP contribution in [0.1, 0.15) is 32.1 Å². The Morgan fingerprint density at radius 3 is 2.14 bits per heavy atom. The number of nitrogens with zero attached hydrogens (tertiary/aromatic N) is 2. The van der Waals surface area contributed by atoms with Crippen molar-refractivity contribution >= 4 is 42.5 Å². The highest BCUT2D eigenvalue weighted by Gasteiger charge is 2.33. The Bertz CT molecular complexity index is 348. The summed E-state index contributed by atoms with van der Waals surface area (Å²) >= 11 is 2.07. The fraction of sp³-hybridized carbons (Fsp3) is 0.933. The molecular weight excluding hydrogens is 341 g/mol. The molecule has 0 aromatic heterocycles. The van der Waals surface area contributed by atoms with Gasteiger partial charge in [-0.25, -0.2) is 0 Å². The normalized spacial score (nSPS) is 30.5. The summed E-state index contributed by atoms with van der Waals surface area (Å²) in [5.74, 6) is 3.15. The first kappa shape index (κ1) is 20.4. The first-order valence-electron chi connectivity index (χ1n) is 8.10. The van der Waals surface area contributed by atoms with Crippen molar-refractivity contribution in [2.45, 2.75) is 44.2 Å². The topological polar surface area (TPSA) is 49.6 Å². The molecule has 130 valence electrons. The SMILES string of the molecule is Cl.Cl.N[C@@H]1CC[C@H](C(=O)N2CCC(N3CCSCC3)CC2)C1. The van der Waals surface area contributed by atoms with E-state index in [9.17, 15) is 4.79 Å². The number of halogens is 2. The number of carbonyl (C=O) groups excluding carboxylic acids is 1. The molecule has 22 heavy (non-hydrogen) atoms. The van der Waals surface area contributed by atoms with Crippen molar-refractivity contribution in [3.05, 3.63) is 0 Å². The van der Waals surface area contributed by atoms with Gasteiger partial charge < -0.3 is 10.6 Å². The van der Waals surface area contributed by atoms with E-state index in [2.05, 4.69) is 21.6 Å². The van der Waals surface area contributed by atoms with Crippen molar-refractivity contribution in [3.8, 4) is 0 Å². The number of carbonyl (C=O) groups is 1. The van der Waals surface area contributed by atoms with Crippen LogP contribution in [0.25, 0.3) is 0 Å². The van der Waals surface area contributed by atoms with E-state index in [0.717, 1.165) is 45.2 Å². The Labute approximate surface area is 150 Å². The Kier molecular flexibility index (Phi) is 8.86. The zero-order valence-electron chi connectivity index (χ0n) is 13.1. The molecule has 2 aliphatic heterocycles. The van der Waals surface area contributed by atoms with E-state index < -0.39 is 0 Å². The van der Waals surface area contributed by atoms with Crippen LogP contribution in [0, 0.1) is 5.92 Å². The molecule has 0 aromatic rings. The minimum absolute atomic E-state index is 0. The molecule has 3 rings (SSSR count). The summed E-state index contributed by atoms with van der Waals surface area (Å²) in [4.78, 5) is 17.2. The summed E-state index contributed by atoms with van der Waals surface area (Å²) in [5, 5.41) is 0. The van der Waals surface area contributed by atoms with E-state index >= 15 is 0 Å². The third-order valence-electron chi connectivity index (χ3n) is 5.16. The largest absolute Gasteiger partial charge is 0.342 e. The number of hydrogen-bond acceptors (Lipinski definition) is 4. The molecule has 1 amide bonds. The molecule has 3 fully saturated rings. The lowest BCUT2D eigenvalue weighted by Gasteiger charge is -2.40. The Hall–Kier alpha value is 0.320. The lowest BCUT2D eigenvalue weighted by molar-refractivity contribution is -0.137. The Morgan fingerprint density at radius 1 is 0.955 bits per heavy atom. The zero-order chi connectivity index (χ0) is 13.9. The minimum Gasteiger partial charge on any atom is -0.342 e. The Balaban J connectivity index is 0.00000121. The maximum Gasteiger partial charge on any atom is 0.225 e. The van der Waals surface area contributed by atoms with Crippen LogP contribution in [0.15, 0.2) is 0 Å². The van der Waals surface area contributed by atoms with E-state index in [1.54, 1.807) is 0 Å². The van der Waals surface area contributed by atoms with Gasteiger partial charge >= 0.3 is 0 Å². The molecule has 0 aromatic carbocycles. The summed E-state index contributed by atoms with van der Waals surface area (Å²) in [5.41, 5.74) is 5.93. The third kappa shape index (κ3) is 4.91. The number of likely N-dealkylation sites (tertiary alicyclic amines) is 1. The van der Waals surface area contributed by atoms with Gasteiger partial charge in [0.25, 0.3) is 0 Å². The lowest BCUT2D eigenvalue weighted by Crippen LogP contribution is -2.50. The van der Waals surface area contributed by atoms with Crippen molar-refractivity contribution in [1.82, 2.24) is 9.80 Å². The summed E-state index contributed by atoms with van der Waals surface area (Å²) in [6.45, 7) is 4.39. The number of hydrogen-bond donors (Lipinski definition) is 1. The van der Waals surface area contributed by atoms with Gasteiger partial charge in [-0.15, -0.1) is 24.8 Å². The van der Waals surface area contributed by atoms with Crippen LogP contribution in [-0.4, -0.2) is 65.5 Å². The quantitative estimate of drug-likeness (QED) is 0.808. The van der Waals surface area contributed by atoms with E-state index in [-0.39, 0.29) is 36.8 Å². The van der Waals surface area contributed by atoms with Gasteiger partial charge in [0.15, 0.2) is 0 Å². The van der Waals surface area contributed by atoms with Crippen LogP contribution in [0.2, 0.25) is 0 Å². The van der Waals surface area contributed by atoms with Crippen molar-refractivity contribution in [1.29, 1.82) is 0 Å². The standard InChI is InChI=1S/C15H27N3OS.2ClH/c16-13-2-1-12(11-13)15(19)18-5-3-14(4-6-18)17-7-9-20-10-8-17;;/h12-14H,1-11,16H2;2*1H/t12-,13+;;/m0../s1. The molecule has 2 heterocycles. The van der Waals surface area contributed by atoms with Gasteiger partial charge in [0.2, 0.25) is 5.91 Å². The second kappa shape index (κ2) is 9.58. The van der Waals surface area contributed by atoms with Crippen LogP contribution in [-0.2, 0) is 4.79 Å². The summed E-state index contributed by atoms with van der Waals surface area (Å²) < 4.78 is 0. The zero-order valence-corrected chi connectivity index (χ0v) is 15.6. The molecule has 1 saturated carbocycles. The molecular formula is C15H29Cl2N3OS. The monoisotopic (exact) mass is 369 g/mol. The smallest absolute Gasteiger partial charge is 0.225 e. The van der Waals surface area contributed by atoms with Gasteiger partial charge in [-0.1, -0.05) is 0 Å². The summed E-state index contributed by atoms with van der Waals surface area (Å²) in [7, 11) is 0. The Morgan fingerprint density at radius 2 is 1.59 bits per heavy atom. The van der Waals surface area contributed by atoms with Crippen LogP contribution in [0.4, 0.5) is 0 Å². The average Bonchev–Trinajstić information content (AvgIpc) is 2.94. The number of piperidine rings is 1. The highest BCUT2D eigenvalue weighted by molar-refractivity contribution is 7.99. The maximum absolute atomic E-state index is 12.5. The third-order valence-corrected chi connectivity index (χ3v) is 6.10. The fourth-order valence-corrected chi connectivity index (χ4v) is 4.82. The van der Waals surface area contributed by atoms with Gasteiger partial charge in [0.05, 0.1) is 0 Å². The van der Waals surface area contributed by atoms with Crippen LogP contribution in [0.5, 0.6) is 0 Å². The first-order chi connectivity index (χ1) is 9.74. The van der Waals surface area contributed by atoms with Crippen molar-refractivity contribution in [2.75, 3.05) is 37.7 Å². The fourth-order valence-electron chi connectivity index (χ4n) is 3.89. The molecule has 0 unspecified atom stereocenters. The summed E-state index contributed by atoms with van der Waals surface area (Å²) in [6.07, 6.45) is 5.26. The molecule has 3 aliphatic rings. The highest BCUT2D eigenvalue weighted by Crippen LogP contribution is 2.28. The molecule has 7 heteroatoms. The minimum atomic E-state index is 0. The van der Waals surface area contributed by atoms with E-state index in [0.29, 0.717) is 11.9 Å². The maximum atomic E-state index is 12.5. The predicted octanol–water partition coefficient (Wildman–Crippen LogP) is 2.00. The first-order valence-corrected chi connectivity index (χ1v) is 9.25. The van der Waals surface area contributed by atoms with Gasteiger partial charge in [0.1, 0.15) is 0 Å². The van der Waals surface area contributed by atoms with Crippen LogP contribution >= 0.6 is 36.6 Å². The molecule has 0 spiro atoms. The van der Waals surface area contributed by atoms with Gasteiger partial charge in [0, 0.05) is 55.7 Å². The van der Waals surface area contributed by atoms with Gasteiger partial charge in [-0.3, -0.25) is 9.69 Å². The second-order valence-electron chi connectivity index (χ2n) is 6.47. The number of thioether (sulfide) groups is 1. The number of nitrogens with two attached hydrogens (primary N) is 1. The molecule has 2 saturated heterocycles. The van der Waals surface area contributed by atoms with Crippen LogP contribution in [0.3, 0.4) is 0 Å². The molecule has 0 radical (unpaired) electrons. The van der Waals surface area contributed by atoms with E-state index in [1.807, 2.05) is 0 Å². The molecule has 0 bridgehead atoms. The van der Waals surface area contributed by atoms with E-state index in [1.165, 1.54) is 24.6 Å². The number of rotatable bonds is 2. The van der Waals surface area contributed by atoms with Crippen molar-refractivity contribution < 1.29 is 4.79 Å². The number of amides is 1. The van der Waals surface area contributed by atoms with Gasteiger partial charge in [-0.05, 0) is 32.1 Å². The van der Waals surface area contributed by atoms with Crippen LogP contribution < -0.4 is 5.73 Å². The van der Waals surface area contributed by atoms with Crippen molar-refractivity contribution in [2.24, 2.45) is 11.7 Å². The molecule has 4 nitrogen and oxygen atoms in total. The second-order valence-corrected chi connectivity index (χ2v) is 7.70. The van der Waals surface area contributed by atoms with Gasteiger partial charge in [-0.2, -0.15) is 11.8 Å². The highest BCUT2D eigenvalue weighted by atomic mass is 35.5. The molecule has 2 atom stereocenters. The van der Waals surface area contributed by atoms with Crippen molar-refractivity contribution in [3.63, 3.8) is 0 Å². The predicted molar refractivity (Wildman–Crippen MR) is 98.3 cm³/mol. The summed E-state index contributed by atoms with van der Waals surface area (Å²) in [6, 6.07) is 0.970. The van der Waals surface area contributed by atoms with E-state index in [4.69, 9.17) is 5.73 Å². The lowest BCUT2D eigenvalue weighted by atomic mass is 10.00. The average molecular weight is 370 g/mol. The molecule has 2 N–H and O–H groups in total. The molecule has 1 aliphatic carbocycles.